The minimum atomic E-state index is -0.00280. The fraction of sp³-hybridized carbons (Fsp3) is 0.200. The molecule has 0 spiro atoms. The normalized spacial score (nSPS) is 14.2. The number of anilines is 1. The highest BCUT2D eigenvalue weighted by Gasteiger charge is 2.26. The molecule has 0 saturated carbocycles. The van der Waals surface area contributed by atoms with E-state index in [1.165, 1.54) is 5.69 Å². The number of amides is 1. The Balaban J connectivity index is 1.36. The van der Waals surface area contributed by atoms with E-state index >= 15 is 0 Å². The van der Waals surface area contributed by atoms with Crippen LogP contribution in [-0.4, -0.2) is 47.3 Å². The van der Waals surface area contributed by atoms with Crippen molar-refractivity contribution in [2.45, 2.75) is 6.54 Å². The van der Waals surface area contributed by atoms with E-state index in [0.29, 0.717) is 24.3 Å². The average molecular weight is 430 g/mol. The monoisotopic (exact) mass is 429 g/mol. The van der Waals surface area contributed by atoms with Crippen molar-refractivity contribution in [1.29, 1.82) is 0 Å². The molecule has 4 aromatic rings. The molecule has 0 N–H and O–H groups in total. The van der Waals surface area contributed by atoms with Crippen LogP contribution < -0.4 is 4.90 Å². The van der Waals surface area contributed by atoms with Crippen molar-refractivity contribution in [2.75, 3.05) is 31.1 Å². The zero-order valence-electron chi connectivity index (χ0n) is 17.1. The smallest absolute Gasteiger partial charge is 0.270 e. The summed E-state index contributed by atoms with van der Waals surface area (Å²) in [7, 11) is 0. The summed E-state index contributed by atoms with van der Waals surface area (Å²) in [4.78, 5) is 30.5. The highest BCUT2D eigenvalue weighted by molar-refractivity contribution is 7.17. The van der Waals surface area contributed by atoms with E-state index in [0.717, 1.165) is 23.3 Å². The number of Topliss-reactive ketones (excluding diaryl/α,β-unsaturated/α-hetero) is 1. The predicted octanol–water partition coefficient (Wildman–Crippen LogP) is 4.55. The molecule has 1 aliphatic rings. The van der Waals surface area contributed by atoms with Gasteiger partial charge in [-0.25, -0.2) is 0 Å². The van der Waals surface area contributed by atoms with Gasteiger partial charge in [-0.1, -0.05) is 48.5 Å². The lowest BCUT2D eigenvalue weighted by Crippen LogP contribution is -2.49. The van der Waals surface area contributed by atoms with Crippen molar-refractivity contribution in [2.24, 2.45) is 0 Å². The first kappa shape index (κ1) is 19.6. The second-order valence-electron chi connectivity index (χ2n) is 7.69. The SMILES string of the molecule is O=C(Cn1c(C(=O)N2CCN(c3ccccc3)CC2)cc2sccc21)c1ccccc1. The first-order valence-electron chi connectivity index (χ1n) is 10.4. The van der Waals surface area contributed by atoms with Crippen molar-refractivity contribution >= 4 is 38.9 Å². The average Bonchev–Trinajstić information content (AvgIpc) is 3.42. The van der Waals surface area contributed by atoms with Crippen LogP contribution in [0.3, 0.4) is 0 Å². The van der Waals surface area contributed by atoms with Crippen LogP contribution in [0.4, 0.5) is 5.69 Å². The molecular weight excluding hydrogens is 406 g/mol. The van der Waals surface area contributed by atoms with Gasteiger partial charge >= 0.3 is 0 Å². The molecule has 6 heteroatoms. The Morgan fingerprint density at radius 2 is 1.52 bits per heavy atom. The number of aromatic nitrogens is 1. The molecule has 0 bridgehead atoms. The van der Waals surface area contributed by atoms with Crippen LogP contribution in [-0.2, 0) is 6.54 Å². The molecule has 2 aromatic carbocycles. The summed E-state index contributed by atoms with van der Waals surface area (Å²) in [6, 6.07) is 23.5. The molecule has 1 amide bonds. The molecule has 2 aromatic heterocycles. The minimum Gasteiger partial charge on any atom is -0.368 e. The molecule has 3 heterocycles. The van der Waals surface area contributed by atoms with Gasteiger partial charge in [0.15, 0.2) is 5.78 Å². The molecule has 31 heavy (non-hydrogen) atoms. The van der Waals surface area contributed by atoms with Crippen LogP contribution in [0.2, 0.25) is 0 Å². The number of hydrogen-bond acceptors (Lipinski definition) is 4. The third kappa shape index (κ3) is 3.86. The number of thiophene rings is 1. The first-order chi connectivity index (χ1) is 15.2. The highest BCUT2D eigenvalue weighted by Crippen LogP contribution is 2.27. The van der Waals surface area contributed by atoms with E-state index in [1.807, 2.05) is 75.5 Å². The minimum absolute atomic E-state index is 0.00280. The lowest BCUT2D eigenvalue weighted by molar-refractivity contribution is 0.0736. The van der Waals surface area contributed by atoms with Crippen molar-refractivity contribution in [3.63, 3.8) is 0 Å². The second kappa shape index (κ2) is 8.40. The van der Waals surface area contributed by atoms with Crippen LogP contribution in [0.25, 0.3) is 10.2 Å². The van der Waals surface area contributed by atoms with Crippen molar-refractivity contribution in [3.05, 3.63) is 89.4 Å². The first-order valence-corrected chi connectivity index (χ1v) is 11.3. The molecule has 5 nitrogen and oxygen atoms in total. The number of carbonyl (C=O) groups excluding carboxylic acids is 2. The Kier molecular flexibility index (Phi) is 5.30. The summed E-state index contributed by atoms with van der Waals surface area (Å²) in [6.45, 7) is 3.09. The van der Waals surface area contributed by atoms with Gasteiger partial charge in [-0.15, -0.1) is 11.3 Å². The van der Waals surface area contributed by atoms with Crippen molar-refractivity contribution < 1.29 is 9.59 Å². The van der Waals surface area contributed by atoms with Crippen LogP contribution in [0.15, 0.2) is 78.2 Å². The fourth-order valence-electron chi connectivity index (χ4n) is 4.15. The highest BCUT2D eigenvalue weighted by atomic mass is 32.1. The molecule has 1 aliphatic heterocycles. The fourth-order valence-corrected chi connectivity index (χ4v) is 4.97. The lowest BCUT2D eigenvalue weighted by atomic mass is 10.1. The maximum Gasteiger partial charge on any atom is 0.270 e. The third-order valence-corrected chi connectivity index (χ3v) is 6.68. The van der Waals surface area contributed by atoms with Gasteiger partial charge in [0.1, 0.15) is 5.69 Å². The summed E-state index contributed by atoms with van der Waals surface area (Å²) in [5.41, 5.74) is 3.39. The summed E-state index contributed by atoms with van der Waals surface area (Å²) in [5.74, 6) is 0.00391. The molecule has 0 radical (unpaired) electrons. The van der Waals surface area contributed by atoms with Gasteiger partial charge in [0.25, 0.3) is 5.91 Å². The quantitative estimate of drug-likeness (QED) is 0.437. The standard InChI is InChI=1S/C25H23N3O2S/c29-23(19-7-3-1-4-8-19)18-28-21-11-16-31-24(21)17-22(28)25(30)27-14-12-26(13-15-27)20-9-5-2-6-10-20/h1-11,16-17H,12-15,18H2. The second-order valence-corrected chi connectivity index (χ2v) is 8.64. The van der Waals surface area contributed by atoms with Gasteiger partial charge in [-0.3, -0.25) is 9.59 Å². The van der Waals surface area contributed by atoms with Crippen LogP contribution in [0.1, 0.15) is 20.8 Å². The van der Waals surface area contributed by atoms with Crippen molar-refractivity contribution in [3.8, 4) is 0 Å². The predicted molar refractivity (Wildman–Crippen MR) is 125 cm³/mol. The number of benzene rings is 2. The molecule has 1 fully saturated rings. The Bertz CT molecular complexity index is 1210. The maximum absolute atomic E-state index is 13.4. The number of piperazine rings is 1. The number of hydrogen-bond donors (Lipinski definition) is 0. The van der Waals surface area contributed by atoms with Gasteiger partial charge in [0, 0.05) is 37.4 Å². The molecular formula is C25H23N3O2S. The van der Waals surface area contributed by atoms with Gasteiger partial charge < -0.3 is 14.4 Å². The Labute approximate surface area is 185 Å². The Morgan fingerprint density at radius 3 is 2.23 bits per heavy atom. The number of carbonyl (C=O) groups is 2. The zero-order chi connectivity index (χ0) is 21.2. The van der Waals surface area contributed by atoms with Crippen LogP contribution in [0.5, 0.6) is 0 Å². The number of para-hydroxylation sites is 1. The van der Waals surface area contributed by atoms with Gasteiger partial charge in [0.2, 0.25) is 0 Å². The van der Waals surface area contributed by atoms with E-state index in [9.17, 15) is 9.59 Å². The maximum atomic E-state index is 13.4. The molecule has 0 unspecified atom stereocenters. The number of nitrogens with zero attached hydrogens (tertiary/aromatic N) is 3. The summed E-state index contributed by atoms with van der Waals surface area (Å²) < 4.78 is 2.92. The van der Waals surface area contributed by atoms with E-state index in [1.54, 1.807) is 11.3 Å². The van der Waals surface area contributed by atoms with Gasteiger partial charge in [0.05, 0.1) is 16.8 Å². The molecule has 1 saturated heterocycles. The van der Waals surface area contributed by atoms with Gasteiger partial charge in [-0.05, 0) is 29.6 Å². The number of rotatable bonds is 5. The zero-order valence-corrected chi connectivity index (χ0v) is 17.9. The molecule has 5 rings (SSSR count). The number of ketones is 1. The van der Waals surface area contributed by atoms with Crippen LogP contribution >= 0.6 is 11.3 Å². The van der Waals surface area contributed by atoms with E-state index in [2.05, 4.69) is 17.0 Å². The summed E-state index contributed by atoms with van der Waals surface area (Å²) in [6.07, 6.45) is 0. The number of fused-ring (bicyclic) bond motifs is 1. The van der Waals surface area contributed by atoms with Crippen molar-refractivity contribution in [1.82, 2.24) is 9.47 Å². The Morgan fingerprint density at radius 1 is 0.839 bits per heavy atom. The molecule has 0 atom stereocenters. The largest absolute Gasteiger partial charge is 0.368 e. The third-order valence-electron chi connectivity index (χ3n) is 5.83. The van der Waals surface area contributed by atoms with Crippen LogP contribution in [0, 0.1) is 0 Å². The lowest BCUT2D eigenvalue weighted by Gasteiger charge is -2.36. The molecule has 0 aliphatic carbocycles. The van der Waals surface area contributed by atoms with E-state index in [-0.39, 0.29) is 18.2 Å². The Hall–Kier alpha value is -3.38. The van der Waals surface area contributed by atoms with E-state index in [4.69, 9.17) is 0 Å². The summed E-state index contributed by atoms with van der Waals surface area (Å²) in [5, 5.41) is 2.00. The van der Waals surface area contributed by atoms with Gasteiger partial charge in [-0.2, -0.15) is 0 Å². The topological polar surface area (TPSA) is 45.6 Å². The molecule has 156 valence electrons. The van der Waals surface area contributed by atoms with E-state index < -0.39 is 0 Å². The summed E-state index contributed by atoms with van der Waals surface area (Å²) >= 11 is 1.60.